The third-order valence-electron chi connectivity index (χ3n) is 5.90. The number of benzene rings is 1. The van der Waals surface area contributed by atoms with Crippen molar-refractivity contribution in [3.63, 3.8) is 0 Å². The monoisotopic (exact) mass is 454 g/mol. The summed E-state index contributed by atoms with van der Waals surface area (Å²) in [6, 6.07) is 4.62. The molecule has 2 N–H and O–H groups in total. The van der Waals surface area contributed by atoms with Crippen LogP contribution in [0.5, 0.6) is 0 Å². The van der Waals surface area contributed by atoms with E-state index in [2.05, 4.69) is 9.98 Å². The summed E-state index contributed by atoms with van der Waals surface area (Å²) in [6.07, 6.45) is -0.224. The zero-order valence-electron chi connectivity index (χ0n) is 16.9. The Morgan fingerprint density at radius 2 is 1.97 bits per heavy atom. The van der Waals surface area contributed by atoms with Gasteiger partial charge in [-0.15, -0.1) is 0 Å². The lowest BCUT2D eigenvalue weighted by Crippen LogP contribution is -2.55. The number of allylic oxidation sites excluding steroid dienone is 1. The predicted octanol–water partition coefficient (Wildman–Crippen LogP) is 5.39. The molecular formula is C22H22ClF3N2O3. The maximum absolute atomic E-state index is 14.1. The molecule has 2 aliphatic rings. The van der Waals surface area contributed by atoms with Crippen molar-refractivity contribution in [3.05, 3.63) is 52.8 Å². The van der Waals surface area contributed by atoms with Crippen LogP contribution in [0.25, 0.3) is 5.57 Å². The smallest absolute Gasteiger partial charge is 0.418 e. The number of aliphatic hydroxyl groups is 1. The minimum atomic E-state index is -4.89. The van der Waals surface area contributed by atoms with Crippen molar-refractivity contribution in [2.75, 3.05) is 0 Å². The first-order valence-electron chi connectivity index (χ1n) is 9.73. The Labute approximate surface area is 182 Å². The van der Waals surface area contributed by atoms with Crippen LogP contribution >= 0.6 is 11.6 Å². The molecule has 0 amide bonds. The number of carboxylic acids is 1. The average Bonchev–Trinajstić information content (AvgIpc) is 2.71. The SMILES string of the molecule is CC1=NC=CC(C(O)(C(C)c2ccc(C3=CN=C(C(=O)O)CC3)cc2Cl)C(F)(F)F)C1. The maximum atomic E-state index is 14.1. The maximum Gasteiger partial charge on any atom is 0.418 e. The van der Waals surface area contributed by atoms with E-state index in [0.29, 0.717) is 17.7 Å². The molecule has 0 spiro atoms. The first kappa shape index (κ1) is 23.2. The zero-order chi connectivity index (χ0) is 23.0. The second-order valence-corrected chi connectivity index (χ2v) is 8.24. The zero-order valence-corrected chi connectivity index (χ0v) is 17.7. The van der Waals surface area contributed by atoms with Crippen LogP contribution in [-0.2, 0) is 4.79 Å². The van der Waals surface area contributed by atoms with Crippen LogP contribution in [0.15, 0.2) is 46.7 Å². The fourth-order valence-electron chi connectivity index (χ4n) is 4.03. The van der Waals surface area contributed by atoms with Crippen LogP contribution in [0.4, 0.5) is 13.2 Å². The number of hydrogen-bond donors (Lipinski definition) is 2. The summed E-state index contributed by atoms with van der Waals surface area (Å²) >= 11 is 6.37. The summed E-state index contributed by atoms with van der Waals surface area (Å²) in [5.41, 5.74) is -0.921. The Morgan fingerprint density at radius 1 is 1.26 bits per heavy atom. The van der Waals surface area contributed by atoms with E-state index < -0.39 is 29.6 Å². The molecular weight excluding hydrogens is 433 g/mol. The van der Waals surface area contributed by atoms with Gasteiger partial charge in [-0.2, -0.15) is 13.2 Å². The molecule has 0 radical (unpaired) electrons. The van der Waals surface area contributed by atoms with Gasteiger partial charge in [0.15, 0.2) is 5.60 Å². The molecule has 166 valence electrons. The van der Waals surface area contributed by atoms with Crippen LogP contribution in [0.2, 0.25) is 5.02 Å². The molecule has 0 saturated heterocycles. The van der Waals surface area contributed by atoms with E-state index >= 15 is 0 Å². The Morgan fingerprint density at radius 3 is 2.48 bits per heavy atom. The summed E-state index contributed by atoms with van der Waals surface area (Å²) in [6.45, 7) is 2.93. The van der Waals surface area contributed by atoms with E-state index in [0.717, 1.165) is 5.57 Å². The summed E-state index contributed by atoms with van der Waals surface area (Å²) in [7, 11) is 0. The molecule has 3 unspecified atom stereocenters. The molecule has 5 nitrogen and oxygen atoms in total. The molecule has 2 aliphatic heterocycles. The number of nitrogens with zero attached hydrogens (tertiary/aromatic N) is 2. The predicted molar refractivity (Wildman–Crippen MR) is 114 cm³/mol. The van der Waals surface area contributed by atoms with Crippen LogP contribution in [-0.4, -0.2) is 39.4 Å². The van der Waals surface area contributed by atoms with Gasteiger partial charge in [-0.1, -0.05) is 36.7 Å². The Hall–Kier alpha value is -2.45. The first-order valence-corrected chi connectivity index (χ1v) is 10.1. The molecule has 0 aliphatic carbocycles. The van der Waals surface area contributed by atoms with E-state index in [1.54, 1.807) is 13.0 Å². The van der Waals surface area contributed by atoms with E-state index in [1.165, 1.54) is 37.5 Å². The normalized spacial score (nSPS) is 22.2. The molecule has 2 heterocycles. The van der Waals surface area contributed by atoms with Gasteiger partial charge in [-0.3, -0.25) is 9.98 Å². The fraction of sp³-hybridized carbons (Fsp3) is 0.409. The summed E-state index contributed by atoms with van der Waals surface area (Å²) in [4.78, 5) is 18.9. The Balaban J connectivity index is 1.95. The number of carboxylic acid groups (broad SMARTS) is 1. The molecule has 0 bridgehead atoms. The molecule has 3 atom stereocenters. The van der Waals surface area contributed by atoms with E-state index in [1.807, 2.05) is 0 Å². The van der Waals surface area contributed by atoms with Crippen LogP contribution in [0.1, 0.15) is 50.2 Å². The van der Waals surface area contributed by atoms with Gasteiger partial charge in [0.2, 0.25) is 0 Å². The van der Waals surface area contributed by atoms with Gasteiger partial charge in [-0.05, 0) is 42.5 Å². The molecule has 3 rings (SSSR count). The van der Waals surface area contributed by atoms with Gasteiger partial charge < -0.3 is 10.2 Å². The molecule has 0 aromatic heterocycles. The number of carbonyl (C=O) groups is 1. The highest BCUT2D eigenvalue weighted by Crippen LogP contribution is 2.49. The lowest BCUT2D eigenvalue weighted by Gasteiger charge is -2.42. The number of halogens is 4. The molecule has 0 fully saturated rings. The van der Waals surface area contributed by atoms with Crippen molar-refractivity contribution >= 4 is 34.6 Å². The third-order valence-corrected chi connectivity index (χ3v) is 6.23. The van der Waals surface area contributed by atoms with Crippen molar-refractivity contribution in [3.8, 4) is 0 Å². The van der Waals surface area contributed by atoms with E-state index in [-0.39, 0.29) is 29.1 Å². The molecule has 0 saturated carbocycles. The van der Waals surface area contributed by atoms with Gasteiger partial charge >= 0.3 is 12.1 Å². The number of rotatable bonds is 5. The average molecular weight is 455 g/mol. The number of aliphatic carboxylic acids is 1. The number of aliphatic imine (C=N–C) groups is 2. The number of alkyl halides is 3. The van der Waals surface area contributed by atoms with Gasteiger partial charge in [0.1, 0.15) is 5.71 Å². The largest absolute Gasteiger partial charge is 0.477 e. The van der Waals surface area contributed by atoms with Crippen molar-refractivity contribution < 1.29 is 28.2 Å². The fourth-order valence-corrected chi connectivity index (χ4v) is 4.37. The minimum Gasteiger partial charge on any atom is -0.477 e. The summed E-state index contributed by atoms with van der Waals surface area (Å²) in [5.74, 6) is -3.62. The van der Waals surface area contributed by atoms with E-state index in [9.17, 15) is 23.1 Å². The third kappa shape index (κ3) is 4.45. The van der Waals surface area contributed by atoms with Crippen LogP contribution < -0.4 is 0 Å². The van der Waals surface area contributed by atoms with Gasteiger partial charge in [0.05, 0.1) is 0 Å². The standard InChI is InChI=1S/C22H22ClF3N2O3/c1-12-9-16(7-8-27-12)21(31,22(24,25)26)13(2)17-5-3-14(10-18(17)23)15-4-6-19(20(29)30)28-11-15/h3,5,7-8,10-11,13,16,31H,4,6,9H2,1-2H3,(H,29,30). The van der Waals surface area contributed by atoms with Crippen molar-refractivity contribution in [1.82, 2.24) is 0 Å². The molecule has 1 aromatic rings. The van der Waals surface area contributed by atoms with Crippen molar-refractivity contribution in [2.45, 2.75) is 50.8 Å². The highest BCUT2D eigenvalue weighted by Gasteiger charge is 2.61. The summed E-state index contributed by atoms with van der Waals surface area (Å²) in [5, 5.41) is 20.0. The molecule has 1 aromatic carbocycles. The summed E-state index contributed by atoms with van der Waals surface area (Å²) < 4.78 is 42.4. The molecule has 9 heteroatoms. The van der Waals surface area contributed by atoms with Gasteiger partial charge in [0, 0.05) is 41.4 Å². The van der Waals surface area contributed by atoms with Crippen molar-refractivity contribution in [2.24, 2.45) is 15.9 Å². The lowest BCUT2D eigenvalue weighted by atomic mass is 9.71. The highest BCUT2D eigenvalue weighted by atomic mass is 35.5. The van der Waals surface area contributed by atoms with Crippen molar-refractivity contribution in [1.29, 1.82) is 0 Å². The van der Waals surface area contributed by atoms with Gasteiger partial charge in [0.25, 0.3) is 0 Å². The topological polar surface area (TPSA) is 82.2 Å². The quantitative estimate of drug-likeness (QED) is 0.625. The Bertz CT molecular complexity index is 1010. The second kappa shape index (κ2) is 8.59. The molecule has 31 heavy (non-hydrogen) atoms. The second-order valence-electron chi connectivity index (χ2n) is 7.83. The van der Waals surface area contributed by atoms with E-state index in [4.69, 9.17) is 16.7 Å². The highest BCUT2D eigenvalue weighted by molar-refractivity contribution is 6.36. The number of hydrogen-bond acceptors (Lipinski definition) is 4. The van der Waals surface area contributed by atoms with Crippen LogP contribution in [0.3, 0.4) is 0 Å². The Kier molecular flexibility index (Phi) is 6.43. The first-order chi connectivity index (χ1) is 14.4. The van der Waals surface area contributed by atoms with Crippen LogP contribution in [0, 0.1) is 5.92 Å². The minimum absolute atomic E-state index is 0.0106. The lowest BCUT2D eigenvalue weighted by molar-refractivity contribution is -0.281. The van der Waals surface area contributed by atoms with Gasteiger partial charge in [-0.25, -0.2) is 4.79 Å².